The van der Waals surface area contributed by atoms with Crippen LogP contribution in [0.25, 0.3) is 10.9 Å². The Morgan fingerprint density at radius 1 is 0.944 bits per heavy atom. The first-order valence-electron chi connectivity index (χ1n) is 13.1. The first-order chi connectivity index (χ1) is 17.7. The average Bonchev–Trinajstić information content (AvgIpc) is 3.56. The molecular formula is C31H35N3O2. The summed E-state index contributed by atoms with van der Waals surface area (Å²) in [5.74, 6) is 1.58. The van der Waals surface area contributed by atoms with E-state index in [9.17, 15) is 4.79 Å². The first-order valence-corrected chi connectivity index (χ1v) is 13.1. The van der Waals surface area contributed by atoms with Crippen LogP contribution in [0.1, 0.15) is 43.2 Å². The van der Waals surface area contributed by atoms with E-state index in [1.165, 1.54) is 29.3 Å². The maximum Gasteiger partial charge on any atom is 0.220 e. The van der Waals surface area contributed by atoms with Crippen molar-refractivity contribution in [3.8, 4) is 11.5 Å². The van der Waals surface area contributed by atoms with E-state index in [0.29, 0.717) is 13.0 Å². The lowest BCUT2D eigenvalue weighted by atomic mass is 9.88. The van der Waals surface area contributed by atoms with Crippen LogP contribution in [0.3, 0.4) is 0 Å². The highest BCUT2D eigenvalue weighted by atomic mass is 16.5. The molecule has 1 saturated heterocycles. The van der Waals surface area contributed by atoms with E-state index >= 15 is 0 Å². The van der Waals surface area contributed by atoms with Gasteiger partial charge in [0.1, 0.15) is 11.5 Å². The first kappa shape index (κ1) is 24.1. The largest absolute Gasteiger partial charge is 0.457 e. The quantitative estimate of drug-likeness (QED) is 0.294. The Morgan fingerprint density at radius 2 is 1.69 bits per heavy atom. The number of likely N-dealkylation sites (tertiary alicyclic amines) is 1. The number of carbonyl (C=O) groups is 1. The topological polar surface area (TPSA) is 46.5 Å². The number of nitrogens with one attached hydrogen (secondary N) is 1. The minimum Gasteiger partial charge on any atom is -0.457 e. The van der Waals surface area contributed by atoms with Crippen molar-refractivity contribution in [1.82, 2.24) is 14.8 Å². The van der Waals surface area contributed by atoms with Crippen LogP contribution in [0.2, 0.25) is 0 Å². The molecule has 5 heteroatoms. The molecule has 4 aromatic rings. The maximum absolute atomic E-state index is 13.2. The lowest BCUT2D eigenvalue weighted by Crippen LogP contribution is -2.34. The van der Waals surface area contributed by atoms with Gasteiger partial charge in [0, 0.05) is 49.1 Å². The molecule has 1 N–H and O–H groups in total. The Bertz CT molecular complexity index is 1290. The van der Waals surface area contributed by atoms with Crippen molar-refractivity contribution in [2.45, 2.75) is 38.6 Å². The molecule has 1 aromatic heterocycles. The second-order valence-electron chi connectivity index (χ2n) is 9.53. The number of hydrogen-bond acceptors (Lipinski definition) is 3. The number of nitrogens with zero attached hydrogens (tertiary/aromatic N) is 2. The summed E-state index contributed by atoms with van der Waals surface area (Å²) in [6.07, 6.45) is 5.14. The number of benzene rings is 3. The fraction of sp³-hybridized carbons (Fsp3) is 0.323. The summed E-state index contributed by atoms with van der Waals surface area (Å²) in [6, 6.07) is 26.5. The molecule has 0 unspecified atom stereocenters. The van der Waals surface area contributed by atoms with Crippen LogP contribution < -0.4 is 10.1 Å². The van der Waals surface area contributed by atoms with Crippen LogP contribution >= 0.6 is 0 Å². The average molecular weight is 482 g/mol. The van der Waals surface area contributed by atoms with Gasteiger partial charge in [-0.05, 0) is 74.3 Å². The molecule has 0 spiro atoms. The van der Waals surface area contributed by atoms with E-state index in [4.69, 9.17) is 4.74 Å². The van der Waals surface area contributed by atoms with Gasteiger partial charge >= 0.3 is 0 Å². The zero-order chi connectivity index (χ0) is 24.7. The van der Waals surface area contributed by atoms with Crippen molar-refractivity contribution in [3.05, 3.63) is 96.2 Å². The normalized spacial score (nSPS) is 14.7. The van der Waals surface area contributed by atoms with Gasteiger partial charge in [0.05, 0.1) is 0 Å². The van der Waals surface area contributed by atoms with Gasteiger partial charge in [-0.3, -0.25) is 4.79 Å². The highest BCUT2D eigenvalue weighted by Crippen LogP contribution is 2.36. The Hall–Kier alpha value is -3.57. The summed E-state index contributed by atoms with van der Waals surface area (Å²) in [5.41, 5.74) is 3.46. The molecule has 1 atom stereocenters. The van der Waals surface area contributed by atoms with Crippen LogP contribution in [0.4, 0.5) is 0 Å². The molecule has 1 fully saturated rings. The third-order valence-corrected chi connectivity index (χ3v) is 7.11. The number of carbonyl (C=O) groups excluding carboxylic acids is 1. The van der Waals surface area contributed by atoms with Crippen LogP contribution in [0.5, 0.6) is 11.5 Å². The molecule has 1 aliphatic rings. The summed E-state index contributed by atoms with van der Waals surface area (Å²) in [6.45, 7) is 6.94. The second-order valence-corrected chi connectivity index (χ2v) is 9.53. The zero-order valence-electron chi connectivity index (χ0n) is 21.0. The third-order valence-electron chi connectivity index (χ3n) is 7.11. The summed E-state index contributed by atoms with van der Waals surface area (Å²) in [4.78, 5) is 15.6. The van der Waals surface area contributed by atoms with E-state index < -0.39 is 0 Å². The zero-order valence-corrected chi connectivity index (χ0v) is 21.0. The van der Waals surface area contributed by atoms with Gasteiger partial charge in [0.25, 0.3) is 0 Å². The van der Waals surface area contributed by atoms with Gasteiger partial charge in [-0.25, -0.2) is 0 Å². The molecule has 1 aliphatic heterocycles. The number of aryl methyl sites for hydroxylation is 1. The molecule has 5 rings (SSSR count). The van der Waals surface area contributed by atoms with Crippen molar-refractivity contribution < 1.29 is 9.53 Å². The number of amides is 1. The lowest BCUT2D eigenvalue weighted by molar-refractivity contribution is -0.121. The fourth-order valence-electron chi connectivity index (χ4n) is 5.26. The molecule has 1 amide bonds. The maximum atomic E-state index is 13.2. The van der Waals surface area contributed by atoms with E-state index in [-0.39, 0.29) is 11.8 Å². The van der Waals surface area contributed by atoms with Gasteiger partial charge in [-0.2, -0.15) is 0 Å². The molecule has 0 saturated carbocycles. The Morgan fingerprint density at radius 3 is 2.50 bits per heavy atom. The Balaban J connectivity index is 1.42. The smallest absolute Gasteiger partial charge is 0.220 e. The van der Waals surface area contributed by atoms with Gasteiger partial charge in [-0.1, -0.05) is 48.5 Å². The van der Waals surface area contributed by atoms with Crippen LogP contribution in [-0.4, -0.2) is 41.6 Å². The molecule has 0 radical (unpaired) electrons. The van der Waals surface area contributed by atoms with Crippen molar-refractivity contribution in [3.63, 3.8) is 0 Å². The minimum atomic E-state index is -0.0752. The Kier molecular flexibility index (Phi) is 7.67. The minimum absolute atomic E-state index is 0.0752. The van der Waals surface area contributed by atoms with E-state index in [0.717, 1.165) is 43.2 Å². The van der Waals surface area contributed by atoms with Crippen molar-refractivity contribution >= 4 is 16.8 Å². The van der Waals surface area contributed by atoms with Crippen LogP contribution in [0, 0.1) is 0 Å². The van der Waals surface area contributed by atoms with Gasteiger partial charge < -0.3 is 19.5 Å². The molecule has 0 aliphatic carbocycles. The molecule has 2 heterocycles. The highest BCUT2D eigenvalue weighted by molar-refractivity contribution is 5.86. The molecule has 5 nitrogen and oxygen atoms in total. The monoisotopic (exact) mass is 481 g/mol. The lowest BCUT2D eigenvalue weighted by Gasteiger charge is -2.19. The third kappa shape index (κ3) is 5.63. The number of fused-ring (bicyclic) bond motifs is 1. The van der Waals surface area contributed by atoms with Crippen molar-refractivity contribution in [2.75, 3.05) is 26.2 Å². The number of rotatable bonds is 10. The van der Waals surface area contributed by atoms with Crippen molar-refractivity contribution in [1.29, 1.82) is 0 Å². The highest BCUT2D eigenvalue weighted by Gasteiger charge is 2.23. The second kappa shape index (κ2) is 11.4. The molecule has 3 aromatic carbocycles. The predicted octanol–water partition coefficient (Wildman–Crippen LogP) is 6.19. The van der Waals surface area contributed by atoms with E-state index in [2.05, 4.69) is 64.3 Å². The number of aromatic nitrogens is 1. The number of hydrogen-bond donors (Lipinski definition) is 1. The van der Waals surface area contributed by atoms with E-state index in [1.807, 2.05) is 42.5 Å². The summed E-state index contributed by atoms with van der Waals surface area (Å²) in [7, 11) is 0. The van der Waals surface area contributed by atoms with Crippen LogP contribution in [0.15, 0.2) is 85.1 Å². The standard InChI is InChI=1S/C31H35N3O2/c1-2-34-23-29(27-15-6-7-16-30(27)34)28(22-31(35)32-17-20-33-18-8-9-19-33)24-11-10-14-26(21-24)36-25-12-4-3-5-13-25/h3-7,10-16,21,23,28H,2,8-9,17-20,22H2,1H3,(H,32,35)/t28-/m0/s1. The van der Waals surface area contributed by atoms with Crippen molar-refractivity contribution in [2.24, 2.45) is 0 Å². The molecule has 186 valence electrons. The SMILES string of the molecule is CCn1cc([C@@H](CC(=O)NCCN2CCCC2)c2cccc(Oc3ccccc3)c2)c2ccccc21. The van der Waals surface area contributed by atoms with Gasteiger partial charge in [0.15, 0.2) is 0 Å². The predicted molar refractivity (Wildman–Crippen MR) is 146 cm³/mol. The fourth-order valence-corrected chi connectivity index (χ4v) is 5.26. The molecular weight excluding hydrogens is 446 g/mol. The molecule has 0 bridgehead atoms. The van der Waals surface area contributed by atoms with Crippen LogP contribution in [-0.2, 0) is 11.3 Å². The van der Waals surface area contributed by atoms with E-state index in [1.54, 1.807) is 0 Å². The summed E-state index contributed by atoms with van der Waals surface area (Å²) < 4.78 is 8.41. The number of ether oxygens (including phenoxy) is 1. The van der Waals surface area contributed by atoms with Gasteiger partial charge in [0.2, 0.25) is 5.91 Å². The summed E-state index contributed by atoms with van der Waals surface area (Å²) >= 11 is 0. The number of para-hydroxylation sites is 2. The summed E-state index contributed by atoms with van der Waals surface area (Å²) in [5, 5.41) is 4.38. The van der Waals surface area contributed by atoms with Gasteiger partial charge in [-0.15, -0.1) is 0 Å². The molecule has 36 heavy (non-hydrogen) atoms. The Labute approximate surface area is 213 Å².